The van der Waals surface area contributed by atoms with E-state index in [0.29, 0.717) is 0 Å². The molecule has 0 aromatic rings. The second kappa shape index (κ2) is 5.52. The zero-order chi connectivity index (χ0) is 4.28. The third kappa shape index (κ3) is 8.82. The number of hydrogen-bond donors (Lipinski definition) is 1. The van der Waals surface area contributed by atoms with Crippen molar-refractivity contribution in [2.75, 3.05) is 7.11 Å². The van der Waals surface area contributed by atoms with E-state index in [4.69, 9.17) is 5.11 Å². The molecule has 2 nitrogen and oxygen atoms in total. The summed E-state index contributed by atoms with van der Waals surface area (Å²) in [5, 5.41) is 8.14. The van der Waals surface area contributed by atoms with E-state index in [1.807, 2.05) is 0 Å². The standard InChI is InChI=1S/C3H8O2.Li.H/c1-3(4)5-2;;/h3-4H,1-2H3;;. The van der Waals surface area contributed by atoms with Crippen molar-refractivity contribution in [1.29, 1.82) is 0 Å². The van der Waals surface area contributed by atoms with E-state index in [1.54, 1.807) is 6.92 Å². The average Bonchev–Trinajstić information content (AvgIpc) is 1.38. The van der Waals surface area contributed by atoms with Gasteiger partial charge in [0.1, 0.15) is 0 Å². The molecule has 0 bridgehead atoms. The molecule has 0 aliphatic heterocycles. The van der Waals surface area contributed by atoms with Crippen LogP contribution in [-0.4, -0.2) is 37.4 Å². The van der Waals surface area contributed by atoms with Gasteiger partial charge in [-0.3, -0.25) is 0 Å². The maximum absolute atomic E-state index is 8.14. The topological polar surface area (TPSA) is 29.5 Å². The summed E-state index contributed by atoms with van der Waals surface area (Å²) in [6.45, 7) is 1.56. The molecule has 34 valence electrons. The number of methoxy groups -OCH3 is 1. The van der Waals surface area contributed by atoms with Crippen molar-refractivity contribution < 1.29 is 9.84 Å². The van der Waals surface area contributed by atoms with Gasteiger partial charge in [0.05, 0.1) is 0 Å². The molecule has 0 aromatic heterocycles. The van der Waals surface area contributed by atoms with E-state index in [0.717, 1.165) is 0 Å². The van der Waals surface area contributed by atoms with Gasteiger partial charge in [0, 0.05) is 7.11 Å². The van der Waals surface area contributed by atoms with Crippen molar-refractivity contribution >= 4 is 18.9 Å². The Balaban J connectivity index is 0. The van der Waals surface area contributed by atoms with E-state index in [9.17, 15) is 0 Å². The number of rotatable bonds is 1. The van der Waals surface area contributed by atoms with Crippen molar-refractivity contribution in [2.45, 2.75) is 13.2 Å². The first kappa shape index (κ1) is 9.72. The first-order valence-electron chi connectivity index (χ1n) is 1.48. The monoisotopic (exact) mass is 84.1 g/mol. The van der Waals surface area contributed by atoms with Gasteiger partial charge in [-0.25, -0.2) is 0 Å². The third-order valence-electron chi connectivity index (χ3n) is 0.341. The summed E-state index contributed by atoms with van der Waals surface area (Å²) in [5.74, 6) is 0. The maximum atomic E-state index is 8.14. The molecule has 1 N–H and O–H groups in total. The van der Waals surface area contributed by atoms with Crippen molar-refractivity contribution in [3.63, 3.8) is 0 Å². The van der Waals surface area contributed by atoms with E-state index >= 15 is 0 Å². The molecule has 0 aromatic carbocycles. The number of aliphatic hydroxyl groups excluding tert-OH is 1. The molecule has 3 heteroatoms. The summed E-state index contributed by atoms with van der Waals surface area (Å²) in [4.78, 5) is 0. The Morgan fingerprint density at radius 3 is 1.83 bits per heavy atom. The van der Waals surface area contributed by atoms with Gasteiger partial charge in [-0.2, -0.15) is 0 Å². The van der Waals surface area contributed by atoms with Crippen LogP contribution < -0.4 is 0 Å². The number of hydrogen-bond acceptors (Lipinski definition) is 2. The molecule has 1 atom stereocenters. The summed E-state index contributed by atoms with van der Waals surface area (Å²) in [5.41, 5.74) is 0. The van der Waals surface area contributed by atoms with E-state index in [2.05, 4.69) is 4.74 Å². The van der Waals surface area contributed by atoms with Gasteiger partial charge in [-0.05, 0) is 6.92 Å². The van der Waals surface area contributed by atoms with Crippen LogP contribution in [0.4, 0.5) is 0 Å². The molecule has 0 rings (SSSR count). The summed E-state index contributed by atoms with van der Waals surface area (Å²) in [7, 11) is 1.45. The fourth-order valence-electron chi connectivity index (χ4n) is 0. The predicted octanol–water partition coefficient (Wildman–Crippen LogP) is -0.677. The quantitative estimate of drug-likeness (QED) is 0.337. The van der Waals surface area contributed by atoms with E-state index in [-0.39, 0.29) is 18.9 Å². The van der Waals surface area contributed by atoms with Gasteiger partial charge in [0.2, 0.25) is 0 Å². The molecule has 0 saturated heterocycles. The summed E-state index contributed by atoms with van der Waals surface area (Å²) in [6.07, 6.45) is -0.616. The zero-order valence-corrected chi connectivity index (χ0v) is 3.43. The van der Waals surface area contributed by atoms with Crippen LogP contribution in [0.1, 0.15) is 6.92 Å². The predicted molar refractivity (Wildman–Crippen MR) is 25.8 cm³/mol. The molecule has 0 spiro atoms. The molecule has 0 fully saturated rings. The number of aliphatic hydroxyl groups is 1. The Morgan fingerprint density at radius 1 is 1.67 bits per heavy atom. The molecular formula is C3H9LiO2. The van der Waals surface area contributed by atoms with Gasteiger partial charge < -0.3 is 9.84 Å². The zero-order valence-electron chi connectivity index (χ0n) is 3.43. The second-order valence-electron chi connectivity index (χ2n) is 0.835. The van der Waals surface area contributed by atoms with Crippen molar-refractivity contribution in [3.8, 4) is 0 Å². The Hall–Kier alpha value is 0.517. The van der Waals surface area contributed by atoms with Crippen LogP contribution in [0.15, 0.2) is 0 Å². The minimum absolute atomic E-state index is 0. The Bertz CT molecular complexity index is 22.8. The molecule has 0 aliphatic rings. The Morgan fingerprint density at radius 2 is 1.83 bits per heavy atom. The molecule has 0 aliphatic carbocycles. The average molecular weight is 84.0 g/mol. The molecular weight excluding hydrogens is 75.0 g/mol. The van der Waals surface area contributed by atoms with Crippen molar-refractivity contribution in [2.24, 2.45) is 0 Å². The molecule has 6 heavy (non-hydrogen) atoms. The summed E-state index contributed by atoms with van der Waals surface area (Å²) < 4.78 is 4.31. The van der Waals surface area contributed by atoms with Crippen LogP contribution in [0.3, 0.4) is 0 Å². The summed E-state index contributed by atoms with van der Waals surface area (Å²) >= 11 is 0. The fourth-order valence-corrected chi connectivity index (χ4v) is 0. The molecule has 0 heterocycles. The Kier molecular flexibility index (Phi) is 8.94. The van der Waals surface area contributed by atoms with Crippen LogP contribution in [-0.2, 0) is 4.74 Å². The van der Waals surface area contributed by atoms with Crippen LogP contribution in [0.5, 0.6) is 0 Å². The molecule has 1 unspecified atom stereocenters. The third-order valence-corrected chi connectivity index (χ3v) is 0.341. The van der Waals surface area contributed by atoms with Gasteiger partial charge >= 0.3 is 18.9 Å². The van der Waals surface area contributed by atoms with Gasteiger partial charge in [-0.1, -0.05) is 0 Å². The van der Waals surface area contributed by atoms with Gasteiger partial charge in [0.25, 0.3) is 0 Å². The van der Waals surface area contributed by atoms with Gasteiger partial charge in [0.15, 0.2) is 6.29 Å². The van der Waals surface area contributed by atoms with Crippen molar-refractivity contribution in [1.82, 2.24) is 0 Å². The molecule has 0 saturated carbocycles. The van der Waals surface area contributed by atoms with Crippen molar-refractivity contribution in [3.05, 3.63) is 0 Å². The van der Waals surface area contributed by atoms with Crippen LogP contribution in [0.25, 0.3) is 0 Å². The second-order valence-corrected chi connectivity index (χ2v) is 0.835. The minimum atomic E-state index is -0.616. The normalized spacial score (nSPS) is 12.5. The van der Waals surface area contributed by atoms with Crippen LogP contribution >= 0.6 is 0 Å². The number of ether oxygens (including phenoxy) is 1. The Labute approximate surface area is 49.7 Å². The SMILES string of the molecule is COC(C)O.[LiH]. The van der Waals surface area contributed by atoms with E-state index in [1.165, 1.54) is 7.11 Å². The van der Waals surface area contributed by atoms with Crippen LogP contribution in [0, 0.1) is 0 Å². The fraction of sp³-hybridized carbons (Fsp3) is 1.00. The molecule has 0 radical (unpaired) electrons. The van der Waals surface area contributed by atoms with Gasteiger partial charge in [-0.15, -0.1) is 0 Å². The van der Waals surface area contributed by atoms with E-state index < -0.39 is 6.29 Å². The first-order chi connectivity index (χ1) is 2.27. The molecule has 0 amide bonds. The summed E-state index contributed by atoms with van der Waals surface area (Å²) in [6, 6.07) is 0. The first-order valence-corrected chi connectivity index (χ1v) is 1.48. The van der Waals surface area contributed by atoms with Crippen LogP contribution in [0.2, 0.25) is 0 Å².